The normalized spacial score (nSPS) is 12.5. The Balaban J connectivity index is 2.26. The van der Waals surface area contributed by atoms with E-state index in [4.69, 9.17) is 27.6 Å². The quantitative estimate of drug-likeness (QED) is 0.595. The molecule has 0 spiro atoms. The number of amides is 1. The molecule has 1 amide bonds. The number of carbonyl (C=O) groups is 1. The van der Waals surface area contributed by atoms with E-state index in [-0.39, 0.29) is 11.6 Å². The minimum atomic E-state index is -0.422. The van der Waals surface area contributed by atoms with Crippen LogP contribution >= 0.6 is 23.2 Å². The van der Waals surface area contributed by atoms with Gasteiger partial charge in [-0.2, -0.15) is 5.26 Å². The van der Waals surface area contributed by atoms with Crippen molar-refractivity contribution in [3.8, 4) is 17.4 Å². The van der Waals surface area contributed by atoms with Crippen LogP contribution in [-0.2, 0) is 4.79 Å². The summed E-state index contributed by atoms with van der Waals surface area (Å²) in [5.41, 5.74) is 0.668. The summed E-state index contributed by atoms with van der Waals surface area (Å²) in [6.45, 7) is 3.83. The van der Waals surface area contributed by atoms with Crippen LogP contribution in [0.5, 0.6) is 0 Å². The van der Waals surface area contributed by atoms with Crippen LogP contribution < -0.4 is 5.32 Å². The van der Waals surface area contributed by atoms with Crippen molar-refractivity contribution in [2.24, 2.45) is 0 Å². The maximum Gasteiger partial charge on any atom is 0.262 e. The van der Waals surface area contributed by atoms with E-state index in [1.807, 2.05) is 19.9 Å². The Bertz CT molecular complexity index is 819. The predicted molar refractivity (Wildman–Crippen MR) is 95.6 cm³/mol. The lowest BCUT2D eigenvalue weighted by molar-refractivity contribution is -0.117. The molecule has 0 radical (unpaired) electrons. The van der Waals surface area contributed by atoms with Gasteiger partial charge in [0.15, 0.2) is 0 Å². The Kier molecular flexibility index (Phi) is 6.08. The highest BCUT2D eigenvalue weighted by atomic mass is 35.5. The summed E-state index contributed by atoms with van der Waals surface area (Å²) in [6, 6.07) is 10.4. The molecule has 0 fully saturated rings. The van der Waals surface area contributed by atoms with Crippen LogP contribution in [0, 0.1) is 11.3 Å². The van der Waals surface area contributed by atoms with Gasteiger partial charge >= 0.3 is 0 Å². The van der Waals surface area contributed by atoms with Crippen LogP contribution in [0.15, 0.2) is 40.3 Å². The molecule has 4 nitrogen and oxygen atoms in total. The topological polar surface area (TPSA) is 66.0 Å². The highest BCUT2D eigenvalue weighted by Gasteiger charge is 2.13. The molecule has 0 unspecified atom stereocenters. The SMILES string of the molecule is CC[C@H](C)NC(=O)/C(C#N)=C/c1ccc(-c2ccc(Cl)cc2Cl)o1. The van der Waals surface area contributed by atoms with Gasteiger partial charge in [-0.05, 0) is 43.7 Å². The molecule has 0 aliphatic heterocycles. The lowest BCUT2D eigenvalue weighted by Crippen LogP contribution is -2.32. The van der Waals surface area contributed by atoms with Crippen molar-refractivity contribution in [2.75, 3.05) is 0 Å². The van der Waals surface area contributed by atoms with Gasteiger partial charge in [0.25, 0.3) is 5.91 Å². The van der Waals surface area contributed by atoms with Crippen LogP contribution in [0.2, 0.25) is 10.0 Å². The lowest BCUT2D eigenvalue weighted by Gasteiger charge is -2.09. The van der Waals surface area contributed by atoms with E-state index in [9.17, 15) is 10.1 Å². The Hall–Kier alpha value is -2.22. The maximum atomic E-state index is 12.0. The minimum Gasteiger partial charge on any atom is -0.457 e. The largest absolute Gasteiger partial charge is 0.457 e. The first-order valence-electron chi connectivity index (χ1n) is 7.42. The second-order valence-corrected chi connectivity index (χ2v) is 6.12. The first-order valence-corrected chi connectivity index (χ1v) is 8.18. The average molecular weight is 363 g/mol. The van der Waals surface area contributed by atoms with Gasteiger partial charge < -0.3 is 9.73 Å². The van der Waals surface area contributed by atoms with Gasteiger partial charge in [-0.1, -0.05) is 30.1 Å². The van der Waals surface area contributed by atoms with Gasteiger partial charge in [0.2, 0.25) is 0 Å². The van der Waals surface area contributed by atoms with Crippen molar-refractivity contribution in [1.82, 2.24) is 5.32 Å². The molecule has 24 heavy (non-hydrogen) atoms. The average Bonchev–Trinajstić information content (AvgIpc) is 3.00. The van der Waals surface area contributed by atoms with Gasteiger partial charge in [0.1, 0.15) is 23.2 Å². The third-order valence-electron chi connectivity index (χ3n) is 3.46. The Morgan fingerprint density at radius 1 is 1.38 bits per heavy atom. The monoisotopic (exact) mass is 362 g/mol. The summed E-state index contributed by atoms with van der Waals surface area (Å²) in [6.07, 6.45) is 2.19. The molecular weight excluding hydrogens is 347 g/mol. The number of carbonyl (C=O) groups excluding carboxylic acids is 1. The number of rotatable bonds is 5. The van der Waals surface area contributed by atoms with E-state index in [0.29, 0.717) is 27.1 Å². The van der Waals surface area contributed by atoms with Crippen LogP contribution in [0.4, 0.5) is 0 Å². The molecule has 124 valence electrons. The molecular formula is C18H16Cl2N2O2. The zero-order chi connectivity index (χ0) is 17.7. The van der Waals surface area contributed by atoms with Gasteiger partial charge in [0.05, 0.1) is 5.02 Å². The summed E-state index contributed by atoms with van der Waals surface area (Å²) < 4.78 is 5.67. The van der Waals surface area contributed by atoms with E-state index in [0.717, 1.165) is 6.42 Å². The maximum absolute atomic E-state index is 12.0. The van der Waals surface area contributed by atoms with Crippen LogP contribution in [0.3, 0.4) is 0 Å². The smallest absolute Gasteiger partial charge is 0.262 e. The highest BCUT2D eigenvalue weighted by molar-refractivity contribution is 6.36. The molecule has 1 N–H and O–H groups in total. The lowest BCUT2D eigenvalue weighted by atomic mass is 10.2. The molecule has 1 aromatic heterocycles. The fourth-order valence-corrected chi connectivity index (χ4v) is 2.46. The summed E-state index contributed by atoms with van der Waals surface area (Å²) in [7, 11) is 0. The zero-order valence-corrected chi connectivity index (χ0v) is 14.8. The van der Waals surface area contributed by atoms with E-state index >= 15 is 0 Å². The third-order valence-corrected chi connectivity index (χ3v) is 4.01. The molecule has 0 aliphatic carbocycles. The summed E-state index contributed by atoms with van der Waals surface area (Å²) in [4.78, 5) is 12.0. The number of nitriles is 1. The van der Waals surface area contributed by atoms with Crippen LogP contribution in [0.25, 0.3) is 17.4 Å². The molecule has 0 bridgehead atoms. The Morgan fingerprint density at radius 2 is 2.12 bits per heavy atom. The molecule has 1 aromatic carbocycles. The standard InChI is InChI=1S/C18H16Cl2N2O2/c1-3-11(2)22-18(23)12(10-21)8-14-5-7-17(24-14)15-6-4-13(19)9-16(15)20/h4-9,11H,3H2,1-2H3,(H,22,23)/b12-8+/t11-/m0/s1. The Labute approximate surface area is 150 Å². The van der Waals surface area contributed by atoms with Crippen molar-refractivity contribution in [2.45, 2.75) is 26.3 Å². The molecule has 6 heteroatoms. The number of benzene rings is 1. The molecule has 0 saturated heterocycles. The molecule has 2 rings (SSSR count). The zero-order valence-electron chi connectivity index (χ0n) is 13.3. The number of furan rings is 1. The van der Waals surface area contributed by atoms with Crippen LogP contribution in [0.1, 0.15) is 26.0 Å². The summed E-state index contributed by atoms with van der Waals surface area (Å²) >= 11 is 12.0. The number of nitrogens with zero attached hydrogens (tertiary/aromatic N) is 1. The Morgan fingerprint density at radius 3 is 2.75 bits per heavy atom. The first-order chi connectivity index (χ1) is 11.4. The first kappa shape index (κ1) is 18.1. The second-order valence-electron chi connectivity index (χ2n) is 5.28. The summed E-state index contributed by atoms with van der Waals surface area (Å²) in [5.74, 6) is 0.503. The summed E-state index contributed by atoms with van der Waals surface area (Å²) in [5, 5.41) is 12.9. The number of hydrogen-bond donors (Lipinski definition) is 1. The van der Waals surface area contributed by atoms with Crippen molar-refractivity contribution >= 4 is 35.2 Å². The predicted octanol–water partition coefficient (Wildman–Crippen LogP) is 5.08. The molecule has 1 heterocycles. The number of hydrogen-bond acceptors (Lipinski definition) is 3. The third kappa shape index (κ3) is 4.41. The van der Waals surface area contributed by atoms with Gasteiger partial charge in [-0.3, -0.25) is 4.79 Å². The van der Waals surface area contributed by atoms with Gasteiger partial charge in [-0.15, -0.1) is 0 Å². The molecule has 0 saturated carbocycles. The number of halogens is 2. The van der Waals surface area contributed by atoms with E-state index < -0.39 is 5.91 Å². The van der Waals surface area contributed by atoms with E-state index in [1.165, 1.54) is 6.08 Å². The highest BCUT2D eigenvalue weighted by Crippen LogP contribution is 2.31. The fourth-order valence-electron chi connectivity index (χ4n) is 1.96. The minimum absolute atomic E-state index is 0.00529. The number of nitrogens with one attached hydrogen (secondary N) is 1. The second kappa shape index (κ2) is 8.05. The fraction of sp³-hybridized carbons (Fsp3) is 0.222. The van der Waals surface area contributed by atoms with Gasteiger partial charge in [0, 0.05) is 22.7 Å². The van der Waals surface area contributed by atoms with Crippen molar-refractivity contribution < 1.29 is 9.21 Å². The van der Waals surface area contributed by atoms with Crippen molar-refractivity contribution in [1.29, 1.82) is 5.26 Å². The van der Waals surface area contributed by atoms with Crippen molar-refractivity contribution in [3.63, 3.8) is 0 Å². The van der Waals surface area contributed by atoms with Crippen molar-refractivity contribution in [3.05, 3.63) is 51.7 Å². The molecule has 0 aliphatic rings. The molecule has 1 atom stereocenters. The van der Waals surface area contributed by atoms with E-state index in [2.05, 4.69) is 5.32 Å². The van der Waals surface area contributed by atoms with E-state index in [1.54, 1.807) is 30.3 Å². The molecule has 2 aromatic rings. The van der Waals surface area contributed by atoms with Crippen LogP contribution in [-0.4, -0.2) is 11.9 Å². The van der Waals surface area contributed by atoms with Gasteiger partial charge in [-0.25, -0.2) is 0 Å².